The van der Waals surface area contributed by atoms with Gasteiger partial charge in [-0.15, -0.1) is 0 Å². The first-order chi connectivity index (χ1) is 8.85. The molecule has 1 heterocycles. The second-order valence-corrected chi connectivity index (χ2v) is 7.11. The van der Waals surface area contributed by atoms with Crippen molar-refractivity contribution in [3.05, 3.63) is 0 Å². The highest BCUT2D eigenvalue weighted by Crippen LogP contribution is 2.21. The Morgan fingerprint density at radius 3 is 2.74 bits per heavy atom. The molecule has 0 spiro atoms. The highest BCUT2D eigenvalue weighted by molar-refractivity contribution is 7.88. The van der Waals surface area contributed by atoms with E-state index in [1.165, 1.54) is 0 Å². The third-order valence-corrected chi connectivity index (χ3v) is 4.26. The summed E-state index contributed by atoms with van der Waals surface area (Å²) in [5.41, 5.74) is 5.54. The number of hydrogen-bond donors (Lipinski definition) is 2. The van der Waals surface area contributed by atoms with Crippen LogP contribution in [0.3, 0.4) is 0 Å². The van der Waals surface area contributed by atoms with Crippen molar-refractivity contribution in [2.24, 2.45) is 11.7 Å². The fraction of sp³-hybridized carbons (Fsp3) is 0.917. The Kier molecular flexibility index (Phi) is 6.22. The molecule has 0 aromatic heterocycles. The molecule has 1 amide bonds. The van der Waals surface area contributed by atoms with Crippen molar-refractivity contribution in [2.75, 3.05) is 25.9 Å². The molecule has 1 rings (SSSR count). The summed E-state index contributed by atoms with van der Waals surface area (Å²) in [6.07, 6.45) is 4.85. The molecule has 6 nitrogen and oxygen atoms in total. The Hall–Kier alpha value is -0.660. The lowest BCUT2D eigenvalue weighted by Gasteiger charge is -2.37. The van der Waals surface area contributed by atoms with Crippen molar-refractivity contribution in [3.63, 3.8) is 0 Å². The van der Waals surface area contributed by atoms with Crippen molar-refractivity contribution in [2.45, 2.75) is 38.6 Å². The van der Waals surface area contributed by atoms with E-state index in [0.29, 0.717) is 19.5 Å². The van der Waals surface area contributed by atoms with Crippen LogP contribution in [0.2, 0.25) is 0 Å². The zero-order valence-corrected chi connectivity index (χ0v) is 12.6. The maximum atomic E-state index is 12.2. The average molecular weight is 291 g/mol. The molecule has 1 fully saturated rings. The molecule has 0 aliphatic carbocycles. The third kappa shape index (κ3) is 5.46. The molecule has 0 saturated carbocycles. The lowest BCUT2D eigenvalue weighted by molar-refractivity contribution is -0.138. The number of piperidine rings is 1. The van der Waals surface area contributed by atoms with Gasteiger partial charge in [0.25, 0.3) is 0 Å². The zero-order chi connectivity index (χ0) is 14.5. The smallest absolute Gasteiger partial charge is 0.226 e. The van der Waals surface area contributed by atoms with Gasteiger partial charge in [0.15, 0.2) is 0 Å². The van der Waals surface area contributed by atoms with E-state index in [4.69, 9.17) is 5.73 Å². The van der Waals surface area contributed by atoms with Gasteiger partial charge >= 0.3 is 0 Å². The summed E-state index contributed by atoms with van der Waals surface area (Å²) in [4.78, 5) is 14.1. The van der Waals surface area contributed by atoms with Crippen LogP contribution in [-0.4, -0.2) is 51.2 Å². The van der Waals surface area contributed by atoms with Crippen molar-refractivity contribution in [1.82, 2.24) is 9.62 Å². The number of nitrogens with zero attached hydrogens (tertiary/aromatic N) is 1. The summed E-state index contributed by atoms with van der Waals surface area (Å²) < 4.78 is 24.6. The number of likely N-dealkylation sites (tertiary alicyclic amines) is 1. The number of carbonyl (C=O) groups is 1. The Labute approximate surface area is 115 Å². The number of nitrogens with two attached hydrogens (primary N) is 1. The number of nitrogens with one attached hydrogen (secondary N) is 1. The predicted molar refractivity (Wildman–Crippen MR) is 75.0 cm³/mol. The zero-order valence-electron chi connectivity index (χ0n) is 11.8. The van der Waals surface area contributed by atoms with Crippen LogP contribution in [0.4, 0.5) is 0 Å². The minimum Gasteiger partial charge on any atom is -0.339 e. The van der Waals surface area contributed by atoms with Crippen LogP contribution in [0.5, 0.6) is 0 Å². The molecular weight excluding hydrogens is 266 g/mol. The quantitative estimate of drug-likeness (QED) is 0.715. The fourth-order valence-electron chi connectivity index (χ4n) is 2.39. The maximum absolute atomic E-state index is 12.2. The molecular formula is C12H25N3O3S. The van der Waals surface area contributed by atoms with Crippen molar-refractivity contribution in [3.8, 4) is 0 Å². The molecule has 0 aromatic carbocycles. The van der Waals surface area contributed by atoms with Gasteiger partial charge in [0.2, 0.25) is 15.9 Å². The van der Waals surface area contributed by atoms with Crippen molar-refractivity contribution < 1.29 is 13.2 Å². The number of sulfonamides is 1. The van der Waals surface area contributed by atoms with Crippen LogP contribution in [0.1, 0.15) is 32.6 Å². The molecule has 2 unspecified atom stereocenters. The molecule has 2 atom stereocenters. The SMILES string of the molecule is CC(CN)C(=O)N1CCCCC1CCNS(C)(=O)=O. The molecule has 19 heavy (non-hydrogen) atoms. The minimum absolute atomic E-state index is 0.0894. The van der Waals surface area contributed by atoms with Crippen molar-refractivity contribution in [1.29, 1.82) is 0 Å². The van der Waals surface area contributed by atoms with E-state index >= 15 is 0 Å². The van der Waals surface area contributed by atoms with E-state index in [1.807, 2.05) is 11.8 Å². The monoisotopic (exact) mass is 291 g/mol. The first kappa shape index (κ1) is 16.4. The van der Waals surface area contributed by atoms with Gasteiger partial charge < -0.3 is 10.6 Å². The van der Waals surface area contributed by atoms with Crippen LogP contribution in [-0.2, 0) is 14.8 Å². The minimum atomic E-state index is -3.16. The van der Waals surface area contributed by atoms with Crippen LogP contribution in [0.25, 0.3) is 0 Å². The van der Waals surface area contributed by atoms with Gasteiger partial charge in [-0.3, -0.25) is 4.79 Å². The molecule has 0 radical (unpaired) electrons. The van der Waals surface area contributed by atoms with Gasteiger partial charge in [-0.25, -0.2) is 13.1 Å². The first-order valence-electron chi connectivity index (χ1n) is 6.80. The van der Waals surface area contributed by atoms with E-state index < -0.39 is 10.0 Å². The van der Waals surface area contributed by atoms with E-state index in [1.54, 1.807) is 0 Å². The lowest BCUT2D eigenvalue weighted by Crippen LogP contribution is -2.48. The molecule has 1 saturated heterocycles. The van der Waals surface area contributed by atoms with Crippen molar-refractivity contribution >= 4 is 15.9 Å². The summed E-state index contributed by atoms with van der Waals surface area (Å²) in [7, 11) is -3.16. The molecule has 1 aliphatic heterocycles. The summed E-state index contributed by atoms with van der Waals surface area (Å²) in [5, 5.41) is 0. The predicted octanol–water partition coefficient (Wildman–Crippen LogP) is -0.0984. The third-order valence-electron chi connectivity index (χ3n) is 3.53. The average Bonchev–Trinajstić information content (AvgIpc) is 2.36. The molecule has 0 bridgehead atoms. The molecule has 7 heteroatoms. The summed E-state index contributed by atoms with van der Waals surface area (Å²) >= 11 is 0. The molecule has 112 valence electrons. The topological polar surface area (TPSA) is 92.5 Å². The van der Waals surface area contributed by atoms with Gasteiger partial charge in [-0.2, -0.15) is 0 Å². The number of amides is 1. The van der Waals surface area contributed by atoms with Crippen LogP contribution >= 0.6 is 0 Å². The normalized spacial score (nSPS) is 22.3. The molecule has 0 aromatic rings. The Bertz CT molecular complexity index is 397. The maximum Gasteiger partial charge on any atom is 0.226 e. The summed E-state index contributed by atoms with van der Waals surface area (Å²) in [6, 6.07) is 0.129. The lowest BCUT2D eigenvalue weighted by atomic mass is 9.97. The van der Waals surface area contributed by atoms with E-state index in [2.05, 4.69) is 4.72 Å². The van der Waals surface area contributed by atoms with Crippen LogP contribution in [0.15, 0.2) is 0 Å². The first-order valence-corrected chi connectivity index (χ1v) is 8.69. The number of rotatable bonds is 6. The van der Waals surface area contributed by atoms with E-state index in [-0.39, 0.29) is 17.9 Å². The highest BCUT2D eigenvalue weighted by Gasteiger charge is 2.28. The second-order valence-electron chi connectivity index (χ2n) is 5.27. The standard InChI is InChI=1S/C12H25N3O3S/c1-10(9-13)12(16)15-8-4-3-5-11(15)6-7-14-19(2,17)18/h10-11,14H,3-9,13H2,1-2H3. The van der Waals surface area contributed by atoms with Gasteiger partial charge in [0.05, 0.1) is 6.26 Å². The fourth-order valence-corrected chi connectivity index (χ4v) is 2.87. The Morgan fingerprint density at radius 1 is 1.47 bits per heavy atom. The molecule has 3 N–H and O–H groups in total. The molecule has 1 aliphatic rings. The van der Waals surface area contributed by atoms with E-state index in [9.17, 15) is 13.2 Å². The van der Waals surface area contributed by atoms with Gasteiger partial charge in [0, 0.05) is 31.6 Å². The van der Waals surface area contributed by atoms with Crippen LogP contribution < -0.4 is 10.5 Å². The Balaban J connectivity index is 2.55. The van der Waals surface area contributed by atoms with Gasteiger partial charge in [-0.1, -0.05) is 6.92 Å². The largest absolute Gasteiger partial charge is 0.339 e. The van der Waals surface area contributed by atoms with Gasteiger partial charge in [0.1, 0.15) is 0 Å². The van der Waals surface area contributed by atoms with E-state index in [0.717, 1.165) is 32.1 Å². The number of hydrogen-bond acceptors (Lipinski definition) is 4. The van der Waals surface area contributed by atoms with Crippen LogP contribution in [0, 0.1) is 5.92 Å². The number of carbonyl (C=O) groups excluding carboxylic acids is 1. The Morgan fingerprint density at radius 2 is 2.16 bits per heavy atom. The summed E-state index contributed by atoms with van der Waals surface area (Å²) in [5.74, 6) is -0.0741. The highest BCUT2D eigenvalue weighted by atomic mass is 32.2. The second kappa shape index (κ2) is 7.21. The summed E-state index contributed by atoms with van der Waals surface area (Å²) in [6.45, 7) is 3.32. The van der Waals surface area contributed by atoms with Gasteiger partial charge in [-0.05, 0) is 25.7 Å².